The number of halogens is 1. The first-order valence-corrected chi connectivity index (χ1v) is 10.3. The highest BCUT2D eigenvalue weighted by molar-refractivity contribution is 9.10. The van der Waals surface area contributed by atoms with Crippen LogP contribution in [-0.4, -0.2) is 39.3 Å². The van der Waals surface area contributed by atoms with Gasteiger partial charge in [-0.15, -0.1) is 5.10 Å². The molecule has 3 aromatic rings. The maximum Gasteiger partial charge on any atom is 0.237 e. The predicted octanol–water partition coefficient (Wildman–Crippen LogP) is 3.23. The van der Waals surface area contributed by atoms with Crippen molar-refractivity contribution >= 4 is 45.2 Å². The number of carbonyl (C=O) groups is 2. The van der Waals surface area contributed by atoms with Crippen molar-refractivity contribution in [1.82, 2.24) is 15.2 Å². The molecule has 1 aromatic heterocycles. The van der Waals surface area contributed by atoms with Crippen molar-refractivity contribution in [3.63, 3.8) is 0 Å². The fraction of sp³-hybridized carbons (Fsp3) is 0.158. The molecule has 0 bridgehead atoms. The molecule has 2 aromatic carbocycles. The Balaban J connectivity index is 1.67. The molecule has 9 heteroatoms. The lowest BCUT2D eigenvalue weighted by atomic mass is 10.2. The Morgan fingerprint density at radius 1 is 1.11 bits per heavy atom. The number of primary amides is 1. The van der Waals surface area contributed by atoms with E-state index in [1.807, 2.05) is 54.6 Å². The van der Waals surface area contributed by atoms with E-state index in [2.05, 4.69) is 31.1 Å². The zero-order valence-corrected chi connectivity index (χ0v) is 17.2. The van der Waals surface area contributed by atoms with Crippen LogP contribution in [0.2, 0.25) is 0 Å². The SMILES string of the molecule is NC(=O)CCN(C(=O)CSc1n[nH]c(-c2ccccc2Br)n1)c1ccccc1. The summed E-state index contributed by atoms with van der Waals surface area (Å²) in [5, 5.41) is 7.54. The molecule has 3 rings (SSSR count). The first-order chi connectivity index (χ1) is 13.5. The number of para-hydroxylation sites is 1. The zero-order valence-electron chi connectivity index (χ0n) is 14.8. The lowest BCUT2D eigenvalue weighted by Gasteiger charge is -2.22. The summed E-state index contributed by atoms with van der Waals surface area (Å²) in [7, 11) is 0. The van der Waals surface area contributed by atoms with Gasteiger partial charge in [0.25, 0.3) is 0 Å². The maximum atomic E-state index is 12.7. The van der Waals surface area contributed by atoms with Crippen molar-refractivity contribution in [2.24, 2.45) is 5.73 Å². The fourth-order valence-electron chi connectivity index (χ4n) is 2.52. The van der Waals surface area contributed by atoms with Crippen LogP contribution in [-0.2, 0) is 9.59 Å². The average molecular weight is 460 g/mol. The Bertz CT molecular complexity index is 964. The van der Waals surface area contributed by atoms with Gasteiger partial charge in [-0.25, -0.2) is 4.98 Å². The van der Waals surface area contributed by atoms with E-state index in [-0.39, 0.29) is 24.6 Å². The second-order valence-corrected chi connectivity index (χ2v) is 7.63. The van der Waals surface area contributed by atoms with Gasteiger partial charge in [-0.05, 0) is 18.2 Å². The van der Waals surface area contributed by atoms with Gasteiger partial charge in [0.05, 0.1) is 5.75 Å². The monoisotopic (exact) mass is 459 g/mol. The largest absolute Gasteiger partial charge is 0.370 e. The van der Waals surface area contributed by atoms with Gasteiger partial charge >= 0.3 is 0 Å². The van der Waals surface area contributed by atoms with Crippen LogP contribution >= 0.6 is 27.7 Å². The molecular formula is C19H18BrN5O2S. The number of H-pyrrole nitrogens is 1. The molecule has 1 heterocycles. The van der Waals surface area contributed by atoms with Gasteiger partial charge in [0.15, 0.2) is 5.82 Å². The average Bonchev–Trinajstić information content (AvgIpc) is 3.16. The number of hydrogen-bond donors (Lipinski definition) is 2. The molecule has 0 atom stereocenters. The molecule has 3 N–H and O–H groups in total. The number of amides is 2. The number of thioether (sulfide) groups is 1. The lowest BCUT2D eigenvalue weighted by molar-refractivity contribution is -0.118. The van der Waals surface area contributed by atoms with Gasteiger partial charge in [0.1, 0.15) is 0 Å². The van der Waals surface area contributed by atoms with E-state index in [0.717, 1.165) is 15.7 Å². The number of nitrogens with two attached hydrogens (primary N) is 1. The van der Waals surface area contributed by atoms with Gasteiger partial charge in [-0.1, -0.05) is 64.1 Å². The van der Waals surface area contributed by atoms with E-state index in [1.54, 1.807) is 4.90 Å². The molecule has 28 heavy (non-hydrogen) atoms. The number of nitrogens with one attached hydrogen (secondary N) is 1. The van der Waals surface area contributed by atoms with Gasteiger partial charge in [0.2, 0.25) is 17.0 Å². The molecule has 7 nitrogen and oxygen atoms in total. The minimum atomic E-state index is -0.451. The fourth-order valence-corrected chi connectivity index (χ4v) is 3.66. The van der Waals surface area contributed by atoms with Gasteiger partial charge in [-0.2, -0.15) is 0 Å². The van der Waals surface area contributed by atoms with E-state index < -0.39 is 5.91 Å². The highest BCUT2D eigenvalue weighted by atomic mass is 79.9. The molecule has 144 valence electrons. The summed E-state index contributed by atoms with van der Waals surface area (Å²) in [5.41, 5.74) is 6.85. The second-order valence-electron chi connectivity index (χ2n) is 5.83. The minimum absolute atomic E-state index is 0.0954. The molecule has 2 amide bonds. The highest BCUT2D eigenvalue weighted by Crippen LogP contribution is 2.26. The second kappa shape index (κ2) is 9.52. The van der Waals surface area contributed by atoms with E-state index >= 15 is 0 Å². The van der Waals surface area contributed by atoms with Crippen LogP contribution in [0, 0.1) is 0 Å². The Labute approximate surface area is 174 Å². The predicted molar refractivity (Wildman–Crippen MR) is 113 cm³/mol. The first-order valence-electron chi connectivity index (χ1n) is 8.48. The number of hydrogen-bond acceptors (Lipinski definition) is 5. The molecule has 0 spiro atoms. The third kappa shape index (κ3) is 5.20. The zero-order chi connectivity index (χ0) is 19.9. The molecule has 0 saturated carbocycles. The molecule has 0 aliphatic heterocycles. The van der Waals surface area contributed by atoms with Crippen LogP contribution in [0.4, 0.5) is 5.69 Å². The molecular weight excluding hydrogens is 442 g/mol. The van der Waals surface area contributed by atoms with E-state index in [9.17, 15) is 9.59 Å². The number of carbonyl (C=O) groups excluding carboxylic acids is 2. The van der Waals surface area contributed by atoms with Crippen LogP contribution in [0.15, 0.2) is 64.2 Å². The molecule has 0 aliphatic carbocycles. The Kier molecular flexibility index (Phi) is 6.83. The molecule has 0 unspecified atom stereocenters. The molecule has 0 fully saturated rings. The van der Waals surface area contributed by atoms with Crippen molar-refractivity contribution in [2.75, 3.05) is 17.2 Å². The van der Waals surface area contributed by atoms with Crippen LogP contribution < -0.4 is 10.6 Å². The third-order valence-corrected chi connectivity index (χ3v) is 5.39. The summed E-state index contributed by atoms with van der Waals surface area (Å²) < 4.78 is 0.903. The summed E-state index contributed by atoms with van der Waals surface area (Å²) in [4.78, 5) is 29.9. The van der Waals surface area contributed by atoms with Crippen LogP contribution in [0.25, 0.3) is 11.4 Å². The summed E-state index contributed by atoms with van der Waals surface area (Å²) in [6.45, 7) is 0.231. The van der Waals surface area contributed by atoms with Crippen LogP contribution in [0.3, 0.4) is 0 Å². The van der Waals surface area contributed by atoms with Gasteiger partial charge in [0, 0.05) is 28.7 Å². The number of benzene rings is 2. The smallest absolute Gasteiger partial charge is 0.237 e. The summed E-state index contributed by atoms with van der Waals surface area (Å²) in [5.74, 6) is 0.162. The van der Waals surface area contributed by atoms with Crippen molar-refractivity contribution in [1.29, 1.82) is 0 Å². The van der Waals surface area contributed by atoms with E-state index in [4.69, 9.17) is 5.73 Å². The van der Waals surface area contributed by atoms with Crippen LogP contribution in [0.5, 0.6) is 0 Å². The highest BCUT2D eigenvalue weighted by Gasteiger charge is 2.18. The topological polar surface area (TPSA) is 105 Å². The molecule has 0 aliphatic rings. The maximum absolute atomic E-state index is 12.7. The number of aromatic nitrogens is 3. The van der Waals surface area contributed by atoms with Gasteiger partial charge in [-0.3, -0.25) is 14.7 Å². The number of anilines is 1. The Hall–Kier alpha value is -2.65. The molecule has 0 radical (unpaired) electrons. The van der Waals surface area contributed by atoms with Gasteiger partial charge < -0.3 is 10.6 Å². The quantitative estimate of drug-likeness (QED) is 0.503. The van der Waals surface area contributed by atoms with E-state index in [0.29, 0.717) is 11.0 Å². The standard InChI is InChI=1S/C19H18BrN5O2S/c20-15-9-5-4-8-14(15)18-22-19(24-23-18)28-12-17(27)25(11-10-16(21)26)13-6-2-1-3-7-13/h1-9H,10-12H2,(H2,21,26)(H,22,23,24). The van der Waals surface area contributed by atoms with Crippen molar-refractivity contribution in [3.8, 4) is 11.4 Å². The van der Waals surface area contributed by atoms with Crippen LogP contribution in [0.1, 0.15) is 6.42 Å². The third-order valence-electron chi connectivity index (χ3n) is 3.87. The number of nitrogens with zero attached hydrogens (tertiary/aromatic N) is 3. The summed E-state index contributed by atoms with van der Waals surface area (Å²) in [6.07, 6.45) is 0.0954. The molecule has 0 saturated heterocycles. The minimum Gasteiger partial charge on any atom is -0.370 e. The normalized spacial score (nSPS) is 10.6. The lowest BCUT2D eigenvalue weighted by Crippen LogP contribution is -2.35. The Morgan fingerprint density at radius 2 is 1.82 bits per heavy atom. The van der Waals surface area contributed by atoms with Crippen molar-refractivity contribution in [2.45, 2.75) is 11.6 Å². The number of rotatable bonds is 8. The number of aromatic amines is 1. The summed E-state index contributed by atoms with van der Waals surface area (Å²) in [6, 6.07) is 16.9. The van der Waals surface area contributed by atoms with Crippen molar-refractivity contribution in [3.05, 3.63) is 59.1 Å². The van der Waals surface area contributed by atoms with Crippen molar-refractivity contribution < 1.29 is 9.59 Å². The Morgan fingerprint density at radius 3 is 2.54 bits per heavy atom. The summed E-state index contributed by atoms with van der Waals surface area (Å²) >= 11 is 4.72. The first kappa shape index (κ1) is 20.1. The van der Waals surface area contributed by atoms with E-state index in [1.165, 1.54) is 11.8 Å².